The molecule has 3 rings (SSSR count). The fourth-order valence-electron chi connectivity index (χ4n) is 2.86. The molecule has 0 amide bonds. The van der Waals surface area contributed by atoms with Gasteiger partial charge in [0.15, 0.2) is 0 Å². The predicted molar refractivity (Wildman–Crippen MR) is 73.4 cm³/mol. The molecule has 2 unspecified atom stereocenters. The van der Waals surface area contributed by atoms with Crippen LogP contribution in [0.1, 0.15) is 41.7 Å². The van der Waals surface area contributed by atoms with Crippen molar-refractivity contribution in [2.24, 2.45) is 5.73 Å². The van der Waals surface area contributed by atoms with Gasteiger partial charge in [0.25, 0.3) is 0 Å². The van der Waals surface area contributed by atoms with Crippen molar-refractivity contribution in [3.05, 3.63) is 57.8 Å². The molecule has 2 aromatic rings. The van der Waals surface area contributed by atoms with E-state index in [-0.39, 0.29) is 5.54 Å². The number of benzene rings is 1. The molecule has 1 heterocycles. The highest BCUT2D eigenvalue weighted by molar-refractivity contribution is 7.10. The summed E-state index contributed by atoms with van der Waals surface area (Å²) >= 11 is 1.77. The molecular formula is C15H17NS. The zero-order valence-electron chi connectivity index (χ0n) is 10.0. The predicted octanol–water partition coefficient (Wildman–Crippen LogP) is 3.85. The Kier molecular flexibility index (Phi) is 2.57. The molecule has 1 aliphatic carbocycles. The van der Waals surface area contributed by atoms with Crippen LogP contribution in [0.5, 0.6) is 0 Å². The highest BCUT2D eigenvalue weighted by atomic mass is 32.1. The summed E-state index contributed by atoms with van der Waals surface area (Å²) in [5, 5.41) is 2.12. The monoisotopic (exact) mass is 243 g/mol. The molecule has 2 heteroatoms. The van der Waals surface area contributed by atoms with Gasteiger partial charge >= 0.3 is 0 Å². The van der Waals surface area contributed by atoms with Crippen molar-refractivity contribution in [3.63, 3.8) is 0 Å². The van der Waals surface area contributed by atoms with E-state index >= 15 is 0 Å². The molecule has 0 fully saturated rings. The average Bonchev–Trinajstić information content (AvgIpc) is 2.89. The standard InChI is InChI=1S/C15H17NS/c1-11-8-9-15(16,14-7-4-10-17-14)13-6-3-2-5-12(11)13/h2-7,10-11H,8-9,16H2,1H3. The highest BCUT2D eigenvalue weighted by Gasteiger charge is 2.37. The van der Waals surface area contributed by atoms with Gasteiger partial charge < -0.3 is 5.73 Å². The molecule has 2 N–H and O–H groups in total. The van der Waals surface area contributed by atoms with Crippen molar-refractivity contribution in [2.75, 3.05) is 0 Å². The number of hydrogen-bond donors (Lipinski definition) is 1. The Bertz CT molecular complexity index is 517. The Hall–Kier alpha value is -1.12. The molecule has 0 radical (unpaired) electrons. The normalized spacial score (nSPS) is 27.8. The van der Waals surface area contributed by atoms with Crippen molar-refractivity contribution in [2.45, 2.75) is 31.2 Å². The average molecular weight is 243 g/mol. The maximum Gasteiger partial charge on any atom is 0.0762 e. The number of nitrogens with two attached hydrogens (primary N) is 1. The van der Waals surface area contributed by atoms with E-state index < -0.39 is 0 Å². The molecule has 1 aliphatic rings. The minimum Gasteiger partial charge on any atom is -0.317 e. The smallest absolute Gasteiger partial charge is 0.0762 e. The zero-order chi connectivity index (χ0) is 11.9. The number of rotatable bonds is 1. The summed E-state index contributed by atoms with van der Waals surface area (Å²) in [7, 11) is 0. The third-order valence-corrected chi connectivity index (χ3v) is 4.95. The molecule has 2 atom stereocenters. The molecule has 0 bridgehead atoms. The van der Waals surface area contributed by atoms with Crippen LogP contribution in [0.3, 0.4) is 0 Å². The Morgan fingerprint density at radius 1 is 1.24 bits per heavy atom. The molecule has 1 aromatic heterocycles. The van der Waals surface area contributed by atoms with Crippen LogP contribution in [0.2, 0.25) is 0 Å². The Morgan fingerprint density at radius 3 is 2.82 bits per heavy atom. The van der Waals surface area contributed by atoms with Gasteiger partial charge in [-0.3, -0.25) is 0 Å². The molecule has 17 heavy (non-hydrogen) atoms. The van der Waals surface area contributed by atoms with Crippen molar-refractivity contribution in [1.82, 2.24) is 0 Å². The van der Waals surface area contributed by atoms with E-state index in [1.807, 2.05) is 0 Å². The molecule has 1 aromatic carbocycles. The first kappa shape index (κ1) is 11.0. The van der Waals surface area contributed by atoms with E-state index in [1.54, 1.807) is 11.3 Å². The zero-order valence-corrected chi connectivity index (χ0v) is 10.8. The summed E-state index contributed by atoms with van der Waals surface area (Å²) in [6, 6.07) is 12.9. The minimum atomic E-state index is -0.267. The van der Waals surface area contributed by atoms with Crippen molar-refractivity contribution in [1.29, 1.82) is 0 Å². The maximum absolute atomic E-state index is 6.71. The molecule has 0 saturated carbocycles. The topological polar surface area (TPSA) is 26.0 Å². The second-order valence-corrected chi connectivity index (χ2v) is 5.92. The summed E-state index contributed by atoms with van der Waals surface area (Å²) in [6.45, 7) is 2.30. The Labute approximate surface area is 106 Å². The van der Waals surface area contributed by atoms with Gasteiger partial charge in [-0.15, -0.1) is 11.3 Å². The maximum atomic E-state index is 6.71. The number of hydrogen-bond acceptors (Lipinski definition) is 2. The first-order valence-corrected chi connectivity index (χ1v) is 7.02. The van der Waals surface area contributed by atoms with Gasteiger partial charge in [-0.2, -0.15) is 0 Å². The van der Waals surface area contributed by atoms with E-state index in [0.29, 0.717) is 5.92 Å². The van der Waals surface area contributed by atoms with Gasteiger partial charge in [-0.25, -0.2) is 0 Å². The van der Waals surface area contributed by atoms with Crippen LogP contribution in [0.15, 0.2) is 41.8 Å². The van der Waals surface area contributed by atoms with E-state index in [2.05, 4.69) is 48.7 Å². The first-order valence-electron chi connectivity index (χ1n) is 6.14. The van der Waals surface area contributed by atoms with E-state index in [0.717, 1.165) is 6.42 Å². The Balaban J connectivity index is 2.18. The van der Waals surface area contributed by atoms with Gasteiger partial charge in [0, 0.05) is 4.88 Å². The summed E-state index contributed by atoms with van der Waals surface area (Å²) in [5.74, 6) is 0.628. The Morgan fingerprint density at radius 2 is 2.06 bits per heavy atom. The largest absolute Gasteiger partial charge is 0.317 e. The van der Waals surface area contributed by atoms with Crippen LogP contribution < -0.4 is 5.73 Å². The van der Waals surface area contributed by atoms with Crippen molar-refractivity contribution >= 4 is 11.3 Å². The van der Waals surface area contributed by atoms with Crippen LogP contribution in [0, 0.1) is 0 Å². The summed E-state index contributed by atoms with van der Waals surface area (Å²) in [5.41, 5.74) is 9.19. The van der Waals surface area contributed by atoms with Gasteiger partial charge in [-0.1, -0.05) is 37.3 Å². The van der Waals surface area contributed by atoms with E-state index in [4.69, 9.17) is 5.73 Å². The van der Waals surface area contributed by atoms with Gasteiger partial charge in [0.1, 0.15) is 0 Å². The van der Waals surface area contributed by atoms with Crippen LogP contribution in [0.25, 0.3) is 0 Å². The van der Waals surface area contributed by atoms with Crippen molar-refractivity contribution < 1.29 is 0 Å². The second-order valence-electron chi connectivity index (χ2n) is 4.98. The molecular weight excluding hydrogens is 226 g/mol. The van der Waals surface area contributed by atoms with E-state index in [9.17, 15) is 0 Å². The molecule has 0 spiro atoms. The first-order chi connectivity index (χ1) is 8.22. The SMILES string of the molecule is CC1CCC(N)(c2cccs2)c2ccccc21. The van der Waals surface area contributed by atoms with Crippen LogP contribution in [0.4, 0.5) is 0 Å². The highest BCUT2D eigenvalue weighted by Crippen LogP contribution is 2.44. The quantitative estimate of drug-likeness (QED) is 0.809. The minimum absolute atomic E-state index is 0.267. The molecule has 1 nitrogen and oxygen atoms in total. The fraction of sp³-hybridized carbons (Fsp3) is 0.333. The molecule has 0 saturated heterocycles. The van der Waals surface area contributed by atoms with E-state index in [1.165, 1.54) is 22.4 Å². The number of fused-ring (bicyclic) bond motifs is 1. The van der Waals surface area contributed by atoms with Crippen LogP contribution >= 0.6 is 11.3 Å². The molecule has 88 valence electrons. The summed E-state index contributed by atoms with van der Waals surface area (Å²) in [4.78, 5) is 1.29. The third-order valence-electron chi connectivity index (χ3n) is 3.90. The second kappa shape index (κ2) is 3.97. The lowest BCUT2D eigenvalue weighted by molar-refractivity contribution is 0.418. The molecule has 0 aliphatic heterocycles. The van der Waals surface area contributed by atoms with Crippen molar-refractivity contribution in [3.8, 4) is 0 Å². The third kappa shape index (κ3) is 1.63. The lowest BCUT2D eigenvalue weighted by atomic mass is 9.72. The van der Waals surface area contributed by atoms with Crippen LogP contribution in [-0.2, 0) is 5.54 Å². The lowest BCUT2D eigenvalue weighted by Crippen LogP contribution is -2.41. The van der Waals surface area contributed by atoms with Gasteiger partial charge in [0.2, 0.25) is 0 Å². The lowest BCUT2D eigenvalue weighted by Gasteiger charge is -2.37. The fourth-order valence-corrected chi connectivity index (χ4v) is 3.74. The number of thiophene rings is 1. The van der Waals surface area contributed by atoms with Gasteiger partial charge in [0.05, 0.1) is 5.54 Å². The van der Waals surface area contributed by atoms with Crippen LogP contribution in [-0.4, -0.2) is 0 Å². The van der Waals surface area contributed by atoms with Gasteiger partial charge in [-0.05, 0) is 41.3 Å². The summed E-state index contributed by atoms with van der Waals surface area (Å²) < 4.78 is 0. The summed E-state index contributed by atoms with van der Waals surface area (Å²) in [6.07, 6.45) is 2.22.